The van der Waals surface area contributed by atoms with Crippen molar-refractivity contribution in [2.45, 2.75) is 29.9 Å². The van der Waals surface area contributed by atoms with Crippen molar-refractivity contribution in [3.63, 3.8) is 0 Å². The Labute approximate surface area is 122 Å². The molecule has 0 saturated heterocycles. The van der Waals surface area contributed by atoms with Gasteiger partial charge in [-0.3, -0.25) is 5.21 Å². The Hall–Kier alpha value is -1.88. The average Bonchev–Trinajstić information content (AvgIpc) is 2.86. The van der Waals surface area contributed by atoms with Crippen LogP contribution in [0.5, 0.6) is 5.75 Å². The molecule has 0 unspecified atom stereocenters. The summed E-state index contributed by atoms with van der Waals surface area (Å²) < 4.78 is 11.9. The van der Waals surface area contributed by atoms with E-state index in [1.54, 1.807) is 13.3 Å². The molecule has 0 aliphatic rings. The molecule has 4 nitrogen and oxygen atoms in total. The maximum absolute atomic E-state index is 9.63. The molecule has 0 amide bonds. The lowest BCUT2D eigenvalue weighted by atomic mass is 10.3. The van der Waals surface area contributed by atoms with Crippen LogP contribution in [0.4, 0.5) is 0 Å². The first kappa shape index (κ1) is 14.5. The Morgan fingerprint density at radius 1 is 1.20 bits per heavy atom. The van der Waals surface area contributed by atoms with E-state index in [4.69, 9.17) is 9.15 Å². The Morgan fingerprint density at radius 3 is 2.50 bits per heavy atom. The van der Waals surface area contributed by atoms with Gasteiger partial charge in [0.1, 0.15) is 5.75 Å². The summed E-state index contributed by atoms with van der Waals surface area (Å²) in [5, 5.41) is 10.4. The molecule has 0 spiro atoms. The molecule has 1 N–H and O–H groups in total. The fourth-order valence-electron chi connectivity index (χ4n) is 1.50. The van der Waals surface area contributed by atoms with Crippen LogP contribution in [0, 0.1) is 0 Å². The summed E-state index contributed by atoms with van der Waals surface area (Å²) in [5.41, 5.74) is 0. The van der Waals surface area contributed by atoms with Crippen LogP contribution < -0.4 is 4.74 Å². The summed E-state index contributed by atoms with van der Waals surface area (Å²) >= 11 is 1.52. The van der Waals surface area contributed by atoms with E-state index in [-0.39, 0.29) is 6.04 Å². The lowest BCUT2D eigenvalue weighted by Crippen LogP contribution is -2.17. The third-order valence-corrected chi connectivity index (χ3v) is 3.60. The average molecular weight is 292 g/mol. The summed E-state index contributed by atoms with van der Waals surface area (Å²) in [6, 6.07) is 11.5. The van der Waals surface area contributed by atoms with Crippen molar-refractivity contribution < 1.29 is 19.1 Å². The SMILES string of the molecule is COc1ccc(Sc2ccc(/C=[N+](\O)C(C)C)o2)cc1. The minimum Gasteiger partial charge on any atom is -0.497 e. The first-order valence-corrected chi connectivity index (χ1v) is 7.14. The van der Waals surface area contributed by atoms with Gasteiger partial charge in [0.15, 0.2) is 16.9 Å². The van der Waals surface area contributed by atoms with Crippen LogP contribution in [-0.2, 0) is 0 Å². The van der Waals surface area contributed by atoms with Crippen molar-refractivity contribution in [2.24, 2.45) is 0 Å². The van der Waals surface area contributed by atoms with Gasteiger partial charge in [0.25, 0.3) is 6.21 Å². The molecule has 2 rings (SSSR count). The molecule has 2 aromatic rings. The molecule has 0 bridgehead atoms. The third-order valence-electron chi connectivity index (χ3n) is 2.67. The minimum absolute atomic E-state index is 0.0118. The van der Waals surface area contributed by atoms with Gasteiger partial charge < -0.3 is 9.15 Å². The standard InChI is InChI=1S/C15H18NO3S/c1-11(2)16(17)10-13-6-9-15(19-13)20-14-7-4-12(18-3)5-8-14/h4-11,17H,1-3H3/q+1/b16-10-. The summed E-state index contributed by atoms with van der Waals surface area (Å²) in [6.45, 7) is 3.79. The van der Waals surface area contributed by atoms with E-state index in [1.165, 1.54) is 11.8 Å². The second kappa shape index (κ2) is 6.52. The first-order valence-electron chi connectivity index (χ1n) is 6.32. The Morgan fingerprint density at radius 2 is 1.90 bits per heavy atom. The number of hydrogen-bond donors (Lipinski definition) is 1. The number of furan rings is 1. The Bertz CT molecular complexity index is 587. The van der Waals surface area contributed by atoms with Crippen molar-refractivity contribution in [3.05, 3.63) is 42.2 Å². The fourth-order valence-corrected chi connectivity index (χ4v) is 2.28. The van der Waals surface area contributed by atoms with E-state index >= 15 is 0 Å². The quantitative estimate of drug-likeness (QED) is 0.395. The zero-order chi connectivity index (χ0) is 14.5. The summed E-state index contributed by atoms with van der Waals surface area (Å²) in [4.78, 5) is 1.07. The van der Waals surface area contributed by atoms with Gasteiger partial charge in [-0.1, -0.05) is 11.8 Å². The number of methoxy groups -OCH3 is 1. The molecular formula is C15H18NO3S+. The van der Waals surface area contributed by atoms with E-state index in [2.05, 4.69) is 0 Å². The molecule has 0 saturated carbocycles. The van der Waals surface area contributed by atoms with Gasteiger partial charge in [-0.15, -0.1) is 0 Å². The molecule has 5 heteroatoms. The second-order valence-corrected chi connectivity index (χ2v) is 5.62. The predicted octanol–water partition coefficient (Wildman–Crippen LogP) is 3.67. The molecule has 20 heavy (non-hydrogen) atoms. The van der Waals surface area contributed by atoms with E-state index in [0.717, 1.165) is 20.5 Å². The minimum atomic E-state index is 0.0118. The van der Waals surface area contributed by atoms with Crippen molar-refractivity contribution in [3.8, 4) is 5.75 Å². The summed E-state index contributed by atoms with van der Waals surface area (Å²) in [7, 11) is 1.64. The first-order chi connectivity index (χ1) is 9.58. The van der Waals surface area contributed by atoms with Crippen LogP contribution in [-0.4, -0.2) is 29.3 Å². The number of benzene rings is 1. The molecule has 106 valence electrons. The molecule has 0 aliphatic heterocycles. The van der Waals surface area contributed by atoms with E-state index in [0.29, 0.717) is 5.76 Å². The van der Waals surface area contributed by atoms with Gasteiger partial charge in [0, 0.05) is 18.7 Å². The number of nitrogens with zero attached hydrogens (tertiary/aromatic N) is 1. The van der Waals surface area contributed by atoms with Crippen molar-refractivity contribution in [2.75, 3.05) is 7.11 Å². The van der Waals surface area contributed by atoms with Gasteiger partial charge in [0.2, 0.25) is 0 Å². The van der Waals surface area contributed by atoms with E-state index in [9.17, 15) is 5.21 Å². The summed E-state index contributed by atoms with van der Waals surface area (Å²) in [5.74, 6) is 1.45. The highest BCUT2D eigenvalue weighted by Crippen LogP contribution is 2.30. The van der Waals surface area contributed by atoms with Crippen LogP contribution in [0.1, 0.15) is 19.6 Å². The van der Waals surface area contributed by atoms with Crippen LogP contribution >= 0.6 is 11.8 Å². The van der Waals surface area contributed by atoms with E-state index in [1.807, 2.05) is 50.2 Å². The monoisotopic (exact) mass is 292 g/mol. The van der Waals surface area contributed by atoms with Gasteiger partial charge >= 0.3 is 0 Å². The number of rotatable bonds is 5. The number of ether oxygens (including phenoxy) is 1. The third kappa shape index (κ3) is 3.81. The Balaban J connectivity index is 2.07. The van der Waals surface area contributed by atoms with Crippen molar-refractivity contribution >= 4 is 18.0 Å². The lowest BCUT2D eigenvalue weighted by molar-refractivity contribution is -0.791. The van der Waals surface area contributed by atoms with Gasteiger partial charge in [0.05, 0.1) is 7.11 Å². The molecule has 1 aromatic carbocycles. The molecule has 0 fully saturated rings. The van der Waals surface area contributed by atoms with Gasteiger partial charge in [-0.2, -0.15) is 0 Å². The molecule has 0 radical (unpaired) electrons. The largest absolute Gasteiger partial charge is 0.497 e. The van der Waals surface area contributed by atoms with Crippen molar-refractivity contribution in [1.82, 2.24) is 0 Å². The lowest BCUT2D eigenvalue weighted by Gasteiger charge is -2.00. The zero-order valence-electron chi connectivity index (χ0n) is 11.7. The molecular weight excluding hydrogens is 274 g/mol. The molecule has 0 aliphatic carbocycles. The predicted molar refractivity (Wildman–Crippen MR) is 78.2 cm³/mol. The maximum atomic E-state index is 9.63. The Kier molecular flexibility index (Phi) is 4.74. The van der Waals surface area contributed by atoms with E-state index < -0.39 is 0 Å². The number of hydroxylamine groups is 1. The van der Waals surface area contributed by atoms with Gasteiger partial charge in [-0.05, 0) is 41.1 Å². The highest BCUT2D eigenvalue weighted by molar-refractivity contribution is 7.99. The van der Waals surface area contributed by atoms with Crippen LogP contribution in [0.2, 0.25) is 0 Å². The smallest absolute Gasteiger partial charge is 0.258 e. The number of hydrogen-bond acceptors (Lipinski definition) is 4. The maximum Gasteiger partial charge on any atom is 0.258 e. The zero-order valence-corrected chi connectivity index (χ0v) is 12.6. The highest BCUT2D eigenvalue weighted by Gasteiger charge is 2.10. The highest BCUT2D eigenvalue weighted by atomic mass is 32.2. The second-order valence-electron chi connectivity index (χ2n) is 4.54. The normalized spacial score (nSPS) is 11.9. The topological polar surface area (TPSA) is 45.6 Å². The van der Waals surface area contributed by atoms with Crippen LogP contribution in [0.25, 0.3) is 0 Å². The molecule has 1 heterocycles. The van der Waals surface area contributed by atoms with Crippen LogP contribution in [0.15, 0.2) is 50.8 Å². The summed E-state index contributed by atoms with van der Waals surface area (Å²) in [6.07, 6.45) is 1.57. The molecule has 0 atom stereocenters. The fraction of sp³-hybridized carbons (Fsp3) is 0.267. The molecule has 1 aromatic heterocycles. The van der Waals surface area contributed by atoms with Gasteiger partial charge in [-0.25, -0.2) is 0 Å². The van der Waals surface area contributed by atoms with Crippen LogP contribution in [0.3, 0.4) is 0 Å². The van der Waals surface area contributed by atoms with Crippen molar-refractivity contribution in [1.29, 1.82) is 0 Å².